The molecule has 0 unspecified atom stereocenters. The number of unbranched alkanes of at least 4 members (excludes halogenated alkanes) is 10. The van der Waals surface area contributed by atoms with E-state index in [1.54, 1.807) is 0 Å². The van der Waals surface area contributed by atoms with Gasteiger partial charge in [-0.15, -0.1) is 0 Å². The Balaban J connectivity index is 3.20. The molecule has 0 heterocycles. The van der Waals surface area contributed by atoms with Crippen LogP contribution in [0, 0.1) is 5.41 Å². The van der Waals surface area contributed by atoms with Gasteiger partial charge in [0.2, 0.25) is 0 Å². The summed E-state index contributed by atoms with van der Waals surface area (Å²) in [6.07, 6.45) is 22.7. The van der Waals surface area contributed by atoms with Gasteiger partial charge in [-0.3, -0.25) is 0 Å². The van der Waals surface area contributed by atoms with Gasteiger partial charge in [-0.05, 0) is 32.1 Å². The van der Waals surface area contributed by atoms with Crippen LogP contribution >= 0.6 is 0 Å². The summed E-state index contributed by atoms with van der Waals surface area (Å²) >= 11 is 0. The second-order valence-electron chi connectivity index (χ2n) is 7.09. The number of aldehydes is 1. The van der Waals surface area contributed by atoms with E-state index in [0.717, 1.165) is 12.7 Å². The third-order valence-electron chi connectivity index (χ3n) is 4.15. The average Bonchev–Trinajstić information content (AvgIpc) is 2.47. The molecule has 0 aromatic rings. The molecule has 0 aromatic heterocycles. The van der Waals surface area contributed by atoms with Gasteiger partial charge in [-0.25, -0.2) is 0 Å². The summed E-state index contributed by atoms with van der Waals surface area (Å²) in [5.41, 5.74) is -0.114. The lowest BCUT2D eigenvalue weighted by Gasteiger charge is -2.15. The molecule has 0 radical (unpaired) electrons. The fourth-order valence-corrected chi connectivity index (χ4v) is 2.53. The van der Waals surface area contributed by atoms with E-state index >= 15 is 0 Å². The van der Waals surface area contributed by atoms with E-state index in [2.05, 4.69) is 19.1 Å². The summed E-state index contributed by atoms with van der Waals surface area (Å²) in [5.74, 6) is 0. The van der Waals surface area contributed by atoms with E-state index in [9.17, 15) is 4.79 Å². The van der Waals surface area contributed by atoms with Crippen LogP contribution < -0.4 is 0 Å². The van der Waals surface area contributed by atoms with E-state index < -0.39 is 0 Å². The maximum absolute atomic E-state index is 10.8. The Bertz CT molecular complexity index is 253. The highest BCUT2D eigenvalue weighted by Crippen LogP contribution is 2.21. The lowest BCUT2D eigenvalue weighted by atomic mass is 9.88. The molecule has 1 heteroatoms. The number of carbonyl (C=O) groups excluding carboxylic acids is 1. The molecule has 0 atom stereocenters. The van der Waals surface area contributed by atoms with E-state index in [1.165, 1.54) is 77.0 Å². The Morgan fingerprint density at radius 3 is 1.71 bits per heavy atom. The molecule has 0 saturated heterocycles. The lowest BCUT2D eigenvalue weighted by molar-refractivity contribution is -0.115. The summed E-state index contributed by atoms with van der Waals surface area (Å²) in [6, 6.07) is 0. The van der Waals surface area contributed by atoms with Crippen molar-refractivity contribution in [2.24, 2.45) is 5.41 Å². The fourth-order valence-electron chi connectivity index (χ4n) is 2.53. The molecule has 21 heavy (non-hydrogen) atoms. The largest absolute Gasteiger partial charge is 0.303 e. The minimum Gasteiger partial charge on any atom is -0.303 e. The normalized spacial score (nSPS) is 12.1. The van der Waals surface area contributed by atoms with Crippen LogP contribution in [0.25, 0.3) is 0 Å². The highest BCUT2D eigenvalue weighted by atomic mass is 16.1. The number of allylic oxidation sites excluding steroid dienone is 2. The summed E-state index contributed by atoms with van der Waals surface area (Å²) in [5, 5.41) is 0. The second-order valence-corrected chi connectivity index (χ2v) is 7.09. The average molecular weight is 295 g/mol. The molecule has 0 bridgehead atoms. The first-order chi connectivity index (χ1) is 10.1. The zero-order valence-electron chi connectivity index (χ0n) is 14.8. The molecule has 0 spiro atoms. The van der Waals surface area contributed by atoms with Crippen LogP contribution in [-0.4, -0.2) is 6.29 Å². The van der Waals surface area contributed by atoms with Gasteiger partial charge in [0.05, 0.1) is 0 Å². The maximum Gasteiger partial charge on any atom is 0.125 e. The van der Waals surface area contributed by atoms with Crippen molar-refractivity contribution in [1.29, 1.82) is 0 Å². The van der Waals surface area contributed by atoms with Crippen LogP contribution in [-0.2, 0) is 4.79 Å². The molecular weight excluding hydrogens is 256 g/mol. The van der Waals surface area contributed by atoms with Gasteiger partial charge in [0.25, 0.3) is 0 Å². The second kappa shape index (κ2) is 14.4. The minimum atomic E-state index is -0.114. The quantitative estimate of drug-likeness (QED) is 0.183. The Kier molecular flexibility index (Phi) is 13.9. The van der Waals surface area contributed by atoms with Gasteiger partial charge in [0.15, 0.2) is 0 Å². The summed E-state index contributed by atoms with van der Waals surface area (Å²) < 4.78 is 0. The highest BCUT2D eigenvalue weighted by Gasteiger charge is 2.14. The molecule has 0 fully saturated rings. The van der Waals surface area contributed by atoms with E-state index in [1.807, 2.05) is 13.8 Å². The SMILES string of the molecule is CCCCCCCCC=CCCCCCCC(C)(C)C=O. The molecule has 1 nitrogen and oxygen atoms in total. The number of hydrogen-bond donors (Lipinski definition) is 0. The van der Waals surface area contributed by atoms with E-state index in [-0.39, 0.29) is 5.41 Å². The van der Waals surface area contributed by atoms with E-state index in [4.69, 9.17) is 0 Å². The molecule has 0 rings (SSSR count). The first-order valence-electron chi connectivity index (χ1n) is 9.23. The number of hydrogen-bond acceptors (Lipinski definition) is 1. The fraction of sp³-hybridized carbons (Fsp3) is 0.850. The molecule has 0 amide bonds. The summed E-state index contributed by atoms with van der Waals surface area (Å²) in [7, 11) is 0. The van der Waals surface area contributed by atoms with Crippen molar-refractivity contribution in [3.8, 4) is 0 Å². The summed E-state index contributed by atoms with van der Waals surface area (Å²) in [6.45, 7) is 6.34. The Labute approximate surface area is 133 Å². The zero-order valence-corrected chi connectivity index (χ0v) is 14.8. The van der Waals surface area contributed by atoms with Crippen molar-refractivity contribution in [3.63, 3.8) is 0 Å². The van der Waals surface area contributed by atoms with Crippen molar-refractivity contribution < 1.29 is 4.79 Å². The number of carbonyl (C=O) groups is 1. The van der Waals surface area contributed by atoms with Crippen LogP contribution in [0.3, 0.4) is 0 Å². The van der Waals surface area contributed by atoms with Crippen LogP contribution in [0.4, 0.5) is 0 Å². The van der Waals surface area contributed by atoms with Crippen LogP contribution in [0.1, 0.15) is 104 Å². The van der Waals surface area contributed by atoms with Crippen molar-refractivity contribution in [2.75, 3.05) is 0 Å². The molecular formula is C20H38O. The third kappa shape index (κ3) is 15.6. The van der Waals surface area contributed by atoms with Crippen molar-refractivity contribution in [2.45, 2.75) is 104 Å². The molecule has 0 saturated carbocycles. The van der Waals surface area contributed by atoms with Crippen LogP contribution in [0.5, 0.6) is 0 Å². The van der Waals surface area contributed by atoms with E-state index in [0.29, 0.717) is 0 Å². The molecule has 0 aliphatic rings. The van der Waals surface area contributed by atoms with Crippen molar-refractivity contribution >= 4 is 6.29 Å². The van der Waals surface area contributed by atoms with Gasteiger partial charge in [-0.2, -0.15) is 0 Å². The first kappa shape index (κ1) is 20.4. The first-order valence-corrected chi connectivity index (χ1v) is 9.23. The Hall–Kier alpha value is -0.590. The monoisotopic (exact) mass is 294 g/mol. The van der Waals surface area contributed by atoms with Gasteiger partial charge in [0, 0.05) is 5.41 Å². The molecule has 0 aromatic carbocycles. The van der Waals surface area contributed by atoms with Crippen LogP contribution in [0.2, 0.25) is 0 Å². The van der Waals surface area contributed by atoms with Gasteiger partial charge < -0.3 is 4.79 Å². The third-order valence-corrected chi connectivity index (χ3v) is 4.15. The Morgan fingerprint density at radius 2 is 1.19 bits per heavy atom. The van der Waals surface area contributed by atoms with Gasteiger partial charge in [0.1, 0.15) is 6.29 Å². The molecule has 0 N–H and O–H groups in total. The van der Waals surface area contributed by atoms with Crippen LogP contribution in [0.15, 0.2) is 12.2 Å². The highest BCUT2D eigenvalue weighted by molar-refractivity contribution is 5.57. The molecule has 124 valence electrons. The van der Waals surface area contributed by atoms with Gasteiger partial charge >= 0.3 is 0 Å². The summed E-state index contributed by atoms with van der Waals surface area (Å²) in [4.78, 5) is 10.8. The predicted molar refractivity (Wildman–Crippen MR) is 94.7 cm³/mol. The van der Waals surface area contributed by atoms with Crippen molar-refractivity contribution in [1.82, 2.24) is 0 Å². The standard InChI is InChI=1S/C20H38O/c1-4-5-6-7-8-9-10-11-12-13-14-15-16-17-18-20(2,3)19-21/h11-12,19H,4-10,13-18H2,1-3H3. The van der Waals surface area contributed by atoms with Crippen molar-refractivity contribution in [3.05, 3.63) is 12.2 Å². The zero-order chi connectivity index (χ0) is 15.8. The number of rotatable bonds is 15. The topological polar surface area (TPSA) is 17.1 Å². The lowest BCUT2D eigenvalue weighted by Crippen LogP contribution is -2.12. The Morgan fingerprint density at radius 1 is 0.714 bits per heavy atom. The minimum absolute atomic E-state index is 0.114. The predicted octanol–water partition coefficient (Wildman–Crippen LogP) is 6.86. The smallest absolute Gasteiger partial charge is 0.125 e. The molecule has 0 aliphatic carbocycles. The van der Waals surface area contributed by atoms with Gasteiger partial charge in [-0.1, -0.05) is 84.3 Å². The molecule has 0 aliphatic heterocycles. The maximum atomic E-state index is 10.8.